The number of fused-ring (bicyclic) bond motifs is 3. The van der Waals surface area contributed by atoms with Crippen molar-refractivity contribution in [3.63, 3.8) is 0 Å². The molecular formula is C18H17F2N3O2. The first-order chi connectivity index (χ1) is 12.0. The number of nitrogens with one attached hydrogen (secondary N) is 1. The van der Waals surface area contributed by atoms with Gasteiger partial charge in [0, 0.05) is 17.8 Å². The summed E-state index contributed by atoms with van der Waals surface area (Å²) in [5, 5.41) is 3.32. The molecule has 0 bridgehead atoms. The van der Waals surface area contributed by atoms with Crippen LogP contribution in [-0.4, -0.2) is 33.9 Å². The zero-order chi connectivity index (χ0) is 17.6. The first-order valence-corrected chi connectivity index (χ1v) is 8.18. The highest BCUT2D eigenvalue weighted by atomic mass is 19.3. The molecule has 1 amide bonds. The first-order valence-electron chi connectivity index (χ1n) is 8.18. The van der Waals surface area contributed by atoms with Crippen LogP contribution in [0.3, 0.4) is 0 Å². The van der Waals surface area contributed by atoms with Crippen LogP contribution in [0.25, 0.3) is 16.6 Å². The molecule has 3 heterocycles. The third-order valence-corrected chi connectivity index (χ3v) is 4.78. The Kier molecular flexibility index (Phi) is 3.59. The number of carbonyl (C=O) groups excluding carboxylic acids is 1. The van der Waals surface area contributed by atoms with Crippen molar-refractivity contribution >= 4 is 22.5 Å². The summed E-state index contributed by atoms with van der Waals surface area (Å²) >= 11 is 0. The second-order valence-corrected chi connectivity index (χ2v) is 6.21. The predicted octanol–water partition coefficient (Wildman–Crippen LogP) is 3.03. The van der Waals surface area contributed by atoms with Crippen LogP contribution in [0.1, 0.15) is 13.3 Å². The van der Waals surface area contributed by atoms with Gasteiger partial charge in [0.05, 0.1) is 17.5 Å². The number of amides is 1. The van der Waals surface area contributed by atoms with E-state index in [-0.39, 0.29) is 13.0 Å². The standard InChI is InChI=1S/C18H17F2N3O2/c1-2-12-13(22-17(24)18(12,19)20)10-25-14-5-3-4-11-6-7-15-21-8-9-23(15)16(11)14/h3-9,12-13H,2,10H2,1H3,(H,22,24)/t12-,13+/m0/s1. The second kappa shape index (κ2) is 5.68. The molecule has 5 nitrogen and oxygen atoms in total. The lowest BCUT2D eigenvalue weighted by atomic mass is 9.95. The van der Waals surface area contributed by atoms with E-state index < -0.39 is 23.8 Å². The molecular weight excluding hydrogens is 328 g/mol. The average molecular weight is 345 g/mol. The number of pyridine rings is 1. The predicted molar refractivity (Wildman–Crippen MR) is 88.9 cm³/mol. The molecule has 0 aliphatic carbocycles. The highest BCUT2D eigenvalue weighted by Gasteiger charge is 2.56. The van der Waals surface area contributed by atoms with Crippen LogP contribution in [0, 0.1) is 5.92 Å². The zero-order valence-electron chi connectivity index (χ0n) is 13.6. The minimum atomic E-state index is -3.35. The van der Waals surface area contributed by atoms with Gasteiger partial charge in [-0.1, -0.05) is 19.1 Å². The molecule has 3 aromatic rings. The number of para-hydroxylation sites is 1. The van der Waals surface area contributed by atoms with Gasteiger partial charge >= 0.3 is 5.92 Å². The van der Waals surface area contributed by atoms with Gasteiger partial charge in [-0.25, -0.2) is 4.98 Å². The molecule has 1 N–H and O–H groups in total. The van der Waals surface area contributed by atoms with Gasteiger partial charge in [0.1, 0.15) is 18.0 Å². The van der Waals surface area contributed by atoms with Crippen molar-refractivity contribution in [2.75, 3.05) is 6.61 Å². The van der Waals surface area contributed by atoms with E-state index in [1.165, 1.54) is 0 Å². The van der Waals surface area contributed by atoms with Crippen LogP contribution in [0.5, 0.6) is 5.75 Å². The van der Waals surface area contributed by atoms with E-state index >= 15 is 0 Å². The quantitative estimate of drug-likeness (QED) is 0.791. The van der Waals surface area contributed by atoms with Crippen molar-refractivity contribution < 1.29 is 18.3 Å². The molecule has 7 heteroatoms. The second-order valence-electron chi connectivity index (χ2n) is 6.21. The summed E-state index contributed by atoms with van der Waals surface area (Å²) in [7, 11) is 0. The topological polar surface area (TPSA) is 55.6 Å². The fourth-order valence-electron chi connectivity index (χ4n) is 3.50. The highest BCUT2D eigenvalue weighted by molar-refractivity contribution is 5.88. The Labute approximate surface area is 142 Å². The lowest BCUT2D eigenvalue weighted by Gasteiger charge is -2.21. The van der Waals surface area contributed by atoms with Crippen molar-refractivity contribution in [3.8, 4) is 5.75 Å². The molecule has 1 aliphatic rings. The van der Waals surface area contributed by atoms with Gasteiger partial charge in [-0.05, 0) is 24.6 Å². The molecule has 1 fully saturated rings. The number of hydrogen-bond donors (Lipinski definition) is 1. The number of nitrogens with zero attached hydrogens (tertiary/aromatic N) is 2. The first kappa shape index (κ1) is 15.8. The monoisotopic (exact) mass is 345 g/mol. The van der Waals surface area contributed by atoms with Crippen LogP contribution in [0.2, 0.25) is 0 Å². The van der Waals surface area contributed by atoms with Gasteiger partial charge in [-0.2, -0.15) is 8.78 Å². The largest absolute Gasteiger partial charge is 0.489 e. The smallest absolute Gasteiger partial charge is 0.329 e. The van der Waals surface area contributed by atoms with Crippen LogP contribution in [0.4, 0.5) is 8.78 Å². The van der Waals surface area contributed by atoms with Crippen molar-refractivity contribution in [1.82, 2.24) is 14.7 Å². The maximum Gasteiger partial charge on any atom is 0.329 e. The fourth-order valence-corrected chi connectivity index (χ4v) is 3.50. The number of imidazole rings is 1. The zero-order valence-corrected chi connectivity index (χ0v) is 13.6. The van der Waals surface area contributed by atoms with Crippen LogP contribution >= 0.6 is 0 Å². The third-order valence-electron chi connectivity index (χ3n) is 4.78. The molecule has 0 saturated carbocycles. The Morgan fingerprint density at radius 3 is 2.96 bits per heavy atom. The van der Waals surface area contributed by atoms with Gasteiger partial charge in [-0.3, -0.25) is 9.20 Å². The number of carbonyl (C=O) groups is 1. The summed E-state index contributed by atoms with van der Waals surface area (Å²) in [6.07, 6.45) is 3.71. The third kappa shape index (κ3) is 2.42. The number of halogens is 2. The Morgan fingerprint density at radius 2 is 2.16 bits per heavy atom. The number of alkyl halides is 2. The van der Waals surface area contributed by atoms with Crippen LogP contribution < -0.4 is 10.1 Å². The molecule has 2 atom stereocenters. The summed E-state index contributed by atoms with van der Waals surface area (Å²) in [6.45, 7) is 1.64. The Hall–Kier alpha value is -2.70. The van der Waals surface area contributed by atoms with Crippen LogP contribution in [-0.2, 0) is 4.79 Å². The van der Waals surface area contributed by atoms with Gasteiger partial charge < -0.3 is 10.1 Å². The summed E-state index contributed by atoms with van der Waals surface area (Å²) in [4.78, 5) is 15.8. The summed E-state index contributed by atoms with van der Waals surface area (Å²) < 4.78 is 35.6. The molecule has 130 valence electrons. The average Bonchev–Trinajstić information content (AvgIpc) is 3.15. The van der Waals surface area contributed by atoms with E-state index in [1.807, 2.05) is 34.9 Å². The molecule has 0 radical (unpaired) electrons. The van der Waals surface area contributed by atoms with E-state index in [9.17, 15) is 13.6 Å². The normalized spacial score (nSPS) is 22.4. The lowest BCUT2D eigenvalue weighted by molar-refractivity contribution is -0.144. The molecule has 25 heavy (non-hydrogen) atoms. The number of ether oxygens (including phenoxy) is 1. The van der Waals surface area contributed by atoms with E-state index in [2.05, 4.69) is 10.3 Å². The molecule has 1 aliphatic heterocycles. The number of hydrogen-bond acceptors (Lipinski definition) is 3. The Balaban J connectivity index is 1.66. The molecule has 4 rings (SSSR count). The molecule has 0 unspecified atom stereocenters. The van der Waals surface area contributed by atoms with Crippen molar-refractivity contribution in [1.29, 1.82) is 0 Å². The van der Waals surface area contributed by atoms with Crippen molar-refractivity contribution in [3.05, 3.63) is 42.7 Å². The molecule has 1 saturated heterocycles. The summed E-state index contributed by atoms with van der Waals surface area (Å²) in [6, 6.07) is 8.70. The van der Waals surface area contributed by atoms with Crippen molar-refractivity contribution in [2.45, 2.75) is 25.3 Å². The van der Waals surface area contributed by atoms with Gasteiger partial charge in [-0.15, -0.1) is 0 Å². The maximum atomic E-state index is 13.9. The van der Waals surface area contributed by atoms with Gasteiger partial charge in [0.15, 0.2) is 0 Å². The van der Waals surface area contributed by atoms with E-state index in [4.69, 9.17) is 4.74 Å². The molecule has 0 spiro atoms. The van der Waals surface area contributed by atoms with Gasteiger partial charge in [0.2, 0.25) is 0 Å². The van der Waals surface area contributed by atoms with E-state index in [1.54, 1.807) is 19.2 Å². The van der Waals surface area contributed by atoms with Crippen LogP contribution in [0.15, 0.2) is 42.7 Å². The van der Waals surface area contributed by atoms with E-state index in [0.717, 1.165) is 16.6 Å². The number of benzene rings is 1. The molecule has 1 aromatic carbocycles. The SMILES string of the molecule is CC[C@H]1[C@@H](COc2cccc3ccc4nccn4c23)NC(=O)C1(F)F. The number of aromatic nitrogens is 2. The minimum Gasteiger partial charge on any atom is -0.489 e. The lowest BCUT2D eigenvalue weighted by Crippen LogP contribution is -2.35. The molecule has 2 aromatic heterocycles. The maximum absolute atomic E-state index is 13.9. The van der Waals surface area contributed by atoms with Gasteiger partial charge in [0.25, 0.3) is 5.91 Å². The minimum absolute atomic E-state index is 0.00989. The summed E-state index contributed by atoms with van der Waals surface area (Å²) in [5.41, 5.74) is 1.59. The summed E-state index contributed by atoms with van der Waals surface area (Å²) in [5.74, 6) is -5.06. The van der Waals surface area contributed by atoms with E-state index in [0.29, 0.717) is 5.75 Å². The number of rotatable bonds is 4. The Morgan fingerprint density at radius 1 is 1.32 bits per heavy atom. The van der Waals surface area contributed by atoms with Crippen molar-refractivity contribution in [2.24, 2.45) is 5.92 Å². The Bertz CT molecular complexity index is 954. The highest BCUT2D eigenvalue weighted by Crippen LogP contribution is 2.36. The fraction of sp³-hybridized carbons (Fsp3) is 0.333.